The predicted molar refractivity (Wildman–Crippen MR) is 80.4 cm³/mol. The number of aromatic nitrogens is 1. The summed E-state index contributed by atoms with van der Waals surface area (Å²) in [5.74, 6) is 0.968. The second kappa shape index (κ2) is 6.40. The summed E-state index contributed by atoms with van der Waals surface area (Å²) in [5.41, 5.74) is 0.997. The van der Waals surface area contributed by atoms with Crippen molar-refractivity contribution in [1.82, 2.24) is 4.98 Å². The third-order valence-corrected chi connectivity index (χ3v) is 3.35. The maximum Gasteiger partial charge on any atom is 0.287 e. The highest BCUT2D eigenvalue weighted by molar-refractivity contribution is 5.51. The van der Waals surface area contributed by atoms with Crippen LogP contribution in [0.1, 0.15) is 0 Å². The maximum atomic E-state index is 10.6. The van der Waals surface area contributed by atoms with Crippen LogP contribution in [0.25, 0.3) is 0 Å². The van der Waals surface area contributed by atoms with Crippen LogP contribution < -0.4 is 9.64 Å². The number of hydrogen-bond donors (Lipinski definition) is 0. The van der Waals surface area contributed by atoms with Gasteiger partial charge in [-0.2, -0.15) is 0 Å². The lowest BCUT2D eigenvalue weighted by Gasteiger charge is -2.29. The Bertz CT molecular complexity index is 654. The van der Waals surface area contributed by atoms with Crippen LogP contribution in [0.5, 0.6) is 11.6 Å². The molecule has 1 aliphatic heterocycles. The second-order valence-electron chi connectivity index (χ2n) is 4.81. The third-order valence-electron chi connectivity index (χ3n) is 3.35. The zero-order chi connectivity index (χ0) is 15.4. The summed E-state index contributed by atoms with van der Waals surface area (Å²) in [5, 5.41) is 10.6. The van der Waals surface area contributed by atoms with Crippen molar-refractivity contribution in [2.45, 2.75) is 0 Å². The molecule has 114 valence electrons. The number of rotatable bonds is 4. The molecule has 1 aliphatic rings. The van der Waals surface area contributed by atoms with Gasteiger partial charge < -0.3 is 14.4 Å². The van der Waals surface area contributed by atoms with E-state index in [0.717, 1.165) is 32.0 Å². The summed E-state index contributed by atoms with van der Waals surface area (Å²) < 4.78 is 11.0. The van der Waals surface area contributed by atoms with Gasteiger partial charge in [0.15, 0.2) is 0 Å². The van der Waals surface area contributed by atoms with Gasteiger partial charge in [0.25, 0.3) is 5.69 Å². The number of anilines is 1. The summed E-state index contributed by atoms with van der Waals surface area (Å²) >= 11 is 0. The Morgan fingerprint density at radius 2 is 2.05 bits per heavy atom. The molecule has 0 amide bonds. The van der Waals surface area contributed by atoms with Gasteiger partial charge in [0, 0.05) is 37.0 Å². The number of morpholine rings is 1. The quantitative estimate of drug-likeness (QED) is 0.638. The van der Waals surface area contributed by atoms with Crippen molar-refractivity contribution in [3.8, 4) is 11.6 Å². The van der Waals surface area contributed by atoms with E-state index in [-0.39, 0.29) is 5.69 Å². The van der Waals surface area contributed by atoms with Gasteiger partial charge in [-0.05, 0) is 12.1 Å². The Morgan fingerprint density at radius 1 is 1.23 bits per heavy atom. The van der Waals surface area contributed by atoms with E-state index in [1.807, 2.05) is 24.3 Å². The van der Waals surface area contributed by atoms with Gasteiger partial charge >= 0.3 is 0 Å². The van der Waals surface area contributed by atoms with Crippen molar-refractivity contribution < 1.29 is 14.4 Å². The minimum atomic E-state index is -0.490. The van der Waals surface area contributed by atoms with E-state index in [0.29, 0.717) is 11.6 Å². The average molecular weight is 301 g/mol. The molecule has 0 N–H and O–H groups in total. The van der Waals surface area contributed by atoms with E-state index in [4.69, 9.17) is 9.47 Å². The normalized spacial score (nSPS) is 14.6. The molecule has 0 atom stereocenters. The molecule has 0 radical (unpaired) electrons. The molecule has 0 unspecified atom stereocenters. The van der Waals surface area contributed by atoms with Crippen molar-refractivity contribution in [3.63, 3.8) is 0 Å². The van der Waals surface area contributed by atoms with Crippen LogP contribution in [0.2, 0.25) is 0 Å². The van der Waals surface area contributed by atoms with E-state index >= 15 is 0 Å². The Labute approximate surface area is 127 Å². The monoisotopic (exact) mass is 301 g/mol. The number of hydrogen-bond acceptors (Lipinski definition) is 6. The van der Waals surface area contributed by atoms with Crippen LogP contribution in [0.4, 0.5) is 11.4 Å². The number of nitrogens with zero attached hydrogens (tertiary/aromatic N) is 3. The topological polar surface area (TPSA) is 77.7 Å². The zero-order valence-corrected chi connectivity index (χ0v) is 11.8. The second-order valence-corrected chi connectivity index (χ2v) is 4.81. The SMILES string of the molecule is O=[N+]([O-])c1ccc(Oc2cccc(N3CCOCC3)c2)nc1. The lowest BCUT2D eigenvalue weighted by molar-refractivity contribution is -0.385. The van der Waals surface area contributed by atoms with E-state index in [1.54, 1.807) is 0 Å². The van der Waals surface area contributed by atoms with Crippen LogP contribution >= 0.6 is 0 Å². The molecule has 1 fully saturated rings. The smallest absolute Gasteiger partial charge is 0.287 e. The Morgan fingerprint density at radius 3 is 2.73 bits per heavy atom. The fourth-order valence-electron chi connectivity index (χ4n) is 2.23. The number of ether oxygens (including phenoxy) is 2. The summed E-state index contributed by atoms with van der Waals surface area (Å²) in [6.45, 7) is 3.13. The fourth-order valence-corrected chi connectivity index (χ4v) is 2.23. The number of pyridine rings is 1. The standard InChI is InChI=1S/C15H15N3O4/c19-18(20)13-4-5-15(16-11-13)22-14-3-1-2-12(10-14)17-6-8-21-9-7-17/h1-5,10-11H,6-9H2. The van der Waals surface area contributed by atoms with Gasteiger partial charge in [0.1, 0.15) is 11.9 Å². The fraction of sp³-hybridized carbons (Fsp3) is 0.267. The van der Waals surface area contributed by atoms with E-state index < -0.39 is 4.92 Å². The molecule has 1 aromatic heterocycles. The van der Waals surface area contributed by atoms with Crippen LogP contribution in [0, 0.1) is 10.1 Å². The Hall–Kier alpha value is -2.67. The summed E-state index contributed by atoms with van der Waals surface area (Å²) in [7, 11) is 0. The first-order valence-electron chi connectivity index (χ1n) is 6.93. The molecular formula is C15H15N3O4. The van der Waals surface area contributed by atoms with Gasteiger partial charge in [-0.25, -0.2) is 4.98 Å². The first kappa shape index (κ1) is 14.3. The lowest BCUT2D eigenvalue weighted by atomic mass is 10.2. The molecule has 2 aromatic rings. The summed E-state index contributed by atoms with van der Waals surface area (Å²) in [6, 6.07) is 10.5. The molecule has 3 rings (SSSR count). The van der Waals surface area contributed by atoms with Gasteiger partial charge in [0.05, 0.1) is 18.1 Å². The van der Waals surface area contributed by atoms with Crippen molar-refractivity contribution in [1.29, 1.82) is 0 Å². The third kappa shape index (κ3) is 3.32. The highest BCUT2D eigenvalue weighted by Crippen LogP contribution is 2.26. The molecule has 7 nitrogen and oxygen atoms in total. The molecular weight excluding hydrogens is 286 g/mol. The van der Waals surface area contributed by atoms with Crippen molar-refractivity contribution in [2.75, 3.05) is 31.2 Å². The van der Waals surface area contributed by atoms with Gasteiger partial charge in [0.2, 0.25) is 5.88 Å². The Balaban J connectivity index is 1.73. The minimum absolute atomic E-state index is 0.0607. The highest BCUT2D eigenvalue weighted by atomic mass is 16.6. The van der Waals surface area contributed by atoms with Crippen molar-refractivity contribution in [2.24, 2.45) is 0 Å². The Kier molecular flexibility index (Phi) is 4.15. The average Bonchev–Trinajstić information content (AvgIpc) is 2.56. The van der Waals surface area contributed by atoms with Crippen molar-refractivity contribution in [3.05, 3.63) is 52.7 Å². The van der Waals surface area contributed by atoms with E-state index in [1.165, 1.54) is 18.3 Å². The first-order valence-corrected chi connectivity index (χ1v) is 6.93. The number of nitro groups is 1. The molecule has 0 saturated carbocycles. The van der Waals surface area contributed by atoms with Crippen LogP contribution in [-0.4, -0.2) is 36.2 Å². The van der Waals surface area contributed by atoms with Crippen molar-refractivity contribution >= 4 is 11.4 Å². The highest BCUT2D eigenvalue weighted by Gasteiger charge is 2.12. The first-order chi connectivity index (χ1) is 10.7. The van der Waals surface area contributed by atoms with E-state index in [2.05, 4.69) is 9.88 Å². The largest absolute Gasteiger partial charge is 0.439 e. The molecule has 0 spiro atoms. The summed E-state index contributed by atoms with van der Waals surface area (Å²) in [6.07, 6.45) is 1.18. The molecule has 1 saturated heterocycles. The van der Waals surface area contributed by atoms with Gasteiger partial charge in [-0.1, -0.05) is 6.07 Å². The maximum absolute atomic E-state index is 10.6. The van der Waals surface area contributed by atoms with E-state index in [9.17, 15) is 10.1 Å². The minimum Gasteiger partial charge on any atom is -0.439 e. The predicted octanol–water partition coefficient (Wildman–Crippen LogP) is 2.62. The molecule has 0 bridgehead atoms. The molecule has 2 heterocycles. The molecule has 1 aromatic carbocycles. The van der Waals surface area contributed by atoms with Crippen LogP contribution in [0.15, 0.2) is 42.6 Å². The molecule has 22 heavy (non-hydrogen) atoms. The number of benzene rings is 1. The zero-order valence-electron chi connectivity index (χ0n) is 11.8. The molecule has 7 heteroatoms. The van der Waals surface area contributed by atoms with Gasteiger partial charge in [-0.3, -0.25) is 10.1 Å². The lowest BCUT2D eigenvalue weighted by Crippen LogP contribution is -2.36. The summed E-state index contributed by atoms with van der Waals surface area (Å²) in [4.78, 5) is 16.3. The van der Waals surface area contributed by atoms with Crippen LogP contribution in [0.3, 0.4) is 0 Å². The van der Waals surface area contributed by atoms with Crippen LogP contribution in [-0.2, 0) is 4.74 Å². The molecule has 0 aliphatic carbocycles. The van der Waals surface area contributed by atoms with Gasteiger partial charge in [-0.15, -0.1) is 0 Å².